The van der Waals surface area contributed by atoms with Crippen molar-refractivity contribution in [3.8, 4) is 0 Å². The van der Waals surface area contributed by atoms with E-state index >= 15 is 0 Å². The standard InChI is InChI=1S/C14H31N3O/c1-14(2,18-5)13(15)8-11-17-9-6-12(7-10-17)16(3)4/h12-13H,6-11,15H2,1-5H3. The fraction of sp³-hybridized carbons (Fsp3) is 1.00. The molecule has 108 valence electrons. The lowest BCUT2D eigenvalue weighted by Crippen LogP contribution is -2.48. The third kappa shape index (κ3) is 4.50. The molecule has 0 amide bonds. The van der Waals surface area contributed by atoms with Crippen LogP contribution in [-0.4, -0.2) is 68.3 Å². The molecule has 0 aromatic rings. The van der Waals surface area contributed by atoms with Crippen molar-refractivity contribution in [1.82, 2.24) is 9.80 Å². The minimum absolute atomic E-state index is 0.106. The maximum Gasteiger partial charge on any atom is 0.0773 e. The molecule has 1 atom stereocenters. The molecule has 1 saturated heterocycles. The van der Waals surface area contributed by atoms with Gasteiger partial charge in [0, 0.05) is 19.2 Å². The number of hydrogen-bond donors (Lipinski definition) is 1. The van der Waals surface area contributed by atoms with Gasteiger partial charge < -0.3 is 20.3 Å². The maximum absolute atomic E-state index is 6.19. The van der Waals surface area contributed by atoms with Crippen LogP contribution >= 0.6 is 0 Å². The molecule has 1 unspecified atom stereocenters. The number of rotatable bonds is 6. The Balaban J connectivity index is 2.26. The van der Waals surface area contributed by atoms with E-state index in [2.05, 4.69) is 37.7 Å². The van der Waals surface area contributed by atoms with Crippen LogP contribution in [0, 0.1) is 0 Å². The Bertz CT molecular complexity index is 235. The quantitative estimate of drug-likeness (QED) is 0.775. The lowest BCUT2D eigenvalue weighted by Gasteiger charge is -2.37. The Morgan fingerprint density at radius 3 is 2.33 bits per heavy atom. The van der Waals surface area contributed by atoms with Crippen LogP contribution in [0.4, 0.5) is 0 Å². The van der Waals surface area contributed by atoms with Crippen LogP contribution < -0.4 is 5.73 Å². The van der Waals surface area contributed by atoms with Crippen LogP contribution in [-0.2, 0) is 4.74 Å². The number of nitrogens with zero attached hydrogens (tertiary/aromatic N) is 2. The van der Waals surface area contributed by atoms with Crippen molar-refractivity contribution in [1.29, 1.82) is 0 Å². The molecule has 18 heavy (non-hydrogen) atoms. The van der Waals surface area contributed by atoms with Gasteiger partial charge >= 0.3 is 0 Å². The van der Waals surface area contributed by atoms with Gasteiger partial charge in [-0.15, -0.1) is 0 Å². The van der Waals surface area contributed by atoms with Gasteiger partial charge in [0.1, 0.15) is 0 Å². The van der Waals surface area contributed by atoms with E-state index in [0.29, 0.717) is 0 Å². The molecule has 2 N–H and O–H groups in total. The second kappa shape index (κ2) is 6.85. The summed E-state index contributed by atoms with van der Waals surface area (Å²) in [6.07, 6.45) is 3.55. The summed E-state index contributed by atoms with van der Waals surface area (Å²) in [6.45, 7) is 7.62. The third-order valence-electron chi connectivity index (χ3n) is 4.46. The summed E-state index contributed by atoms with van der Waals surface area (Å²) >= 11 is 0. The van der Waals surface area contributed by atoms with Gasteiger partial charge in [0.2, 0.25) is 0 Å². The van der Waals surface area contributed by atoms with Gasteiger partial charge in [-0.3, -0.25) is 0 Å². The zero-order chi connectivity index (χ0) is 13.8. The molecule has 0 spiro atoms. The van der Waals surface area contributed by atoms with Crippen molar-refractivity contribution < 1.29 is 4.74 Å². The Kier molecular flexibility index (Phi) is 6.05. The molecule has 0 radical (unpaired) electrons. The second-order valence-corrected chi connectivity index (χ2v) is 6.24. The lowest BCUT2D eigenvalue weighted by molar-refractivity contribution is -0.00461. The molecule has 4 heteroatoms. The van der Waals surface area contributed by atoms with Gasteiger partial charge in [-0.25, -0.2) is 0 Å². The van der Waals surface area contributed by atoms with Crippen molar-refractivity contribution >= 4 is 0 Å². The van der Waals surface area contributed by atoms with Crippen molar-refractivity contribution in [3.63, 3.8) is 0 Å². The number of hydrogen-bond acceptors (Lipinski definition) is 4. The highest BCUT2D eigenvalue weighted by Crippen LogP contribution is 2.18. The summed E-state index contributed by atoms with van der Waals surface area (Å²) < 4.78 is 5.44. The molecule has 1 heterocycles. The third-order valence-corrected chi connectivity index (χ3v) is 4.46. The molecule has 0 bridgehead atoms. The van der Waals surface area contributed by atoms with E-state index in [0.717, 1.165) is 19.0 Å². The Morgan fingerprint density at radius 2 is 1.89 bits per heavy atom. The van der Waals surface area contributed by atoms with Gasteiger partial charge in [0.25, 0.3) is 0 Å². The van der Waals surface area contributed by atoms with Gasteiger partial charge in [0.15, 0.2) is 0 Å². The first kappa shape index (κ1) is 15.9. The topological polar surface area (TPSA) is 41.7 Å². The fourth-order valence-electron chi connectivity index (χ4n) is 2.48. The molecule has 0 aliphatic carbocycles. The minimum Gasteiger partial charge on any atom is -0.377 e. The van der Waals surface area contributed by atoms with E-state index in [9.17, 15) is 0 Å². The minimum atomic E-state index is -0.220. The van der Waals surface area contributed by atoms with Crippen molar-refractivity contribution in [3.05, 3.63) is 0 Å². The van der Waals surface area contributed by atoms with E-state index in [1.807, 2.05) is 0 Å². The van der Waals surface area contributed by atoms with Crippen LogP contribution in [0.25, 0.3) is 0 Å². The van der Waals surface area contributed by atoms with Crippen LogP contribution in [0.1, 0.15) is 33.1 Å². The molecule has 1 fully saturated rings. The molecule has 1 rings (SSSR count). The van der Waals surface area contributed by atoms with Crippen molar-refractivity contribution in [2.24, 2.45) is 5.73 Å². The summed E-state index contributed by atoms with van der Waals surface area (Å²) in [6, 6.07) is 0.861. The highest BCUT2D eigenvalue weighted by atomic mass is 16.5. The number of likely N-dealkylation sites (tertiary alicyclic amines) is 1. The van der Waals surface area contributed by atoms with E-state index in [4.69, 9.17) is 10.5 Å². The van der Waals surface area contributed by atoms with E-state index in [1.165, 1.54) is 25.9 Å². The number of nitrogens with two attached hydrogens (primary N) is 1. The SMILES string of the molecule is COC(C)(C)C(N)CCN1CCC(N(C)C)CC1. The summed E-state index contributed by atoms with van der Waals surface area (Å²) in [7, 11) is 6.09. The monoisotopic (exact) mass is 257 g/mol. The normalized spacial score (nSPS) is 21.5. The van der Waals surface area contributed by atoms with Gasteiger partial charge in [-0.1, -0.05) is 0 Å². The molecule has 0 aromatic carbocycles. The van der Waals surface area contributed by atoms with Crippen LogP contribution in [0.15, 0.2) is 0 Å². The van der Waals surface area contributed by atoms with Gasteiger partial charge in [-0.05, 0) is 66.8 Å². The number of methoxy groups -OCH3 is 1. The van der Waals surface area contributed by atoms with Gasteiger partial charge in [-0.2, -0.15) is 0 Å². The summed E-state index contributed by atoms with van der Waals surface area (Å²) in [4.78, 5) is 4.88. The lowest BCUT2D eigenvalue weighted by atomic mass is 9.95. The average Bonchev–Trinajstić information content (AvgIpc) is 2.36. The Morgan fingerprint density at radius 1 is 1.33 bits per heavy atom. The Labute approximate surface area is 112 Å². The molecule has 1 aliphatic rings. The Hall–Kier alpha value is -0.160. The van der Waals surface area contributed by atoms with Crippen molar-refractivity contribution in [2.45, 2.75) is 50.8 Å². The molecule has 1 aliphatic heterocycles. The predicted octanol–water partition coefficient (Wildman–Crippen LogP) is 1.15. The largest absolute Gasteiger partial charge is 0.377 e. The summed E-state index contributed by atoms with van der Waals surface area (Å²) in [5, 5.41) is 0. The maximum atomic E-state index is 6.19. The van der Waals surface area contributed by atoms with Crippen LogP contribution in [0.5, 0.6) is 0 Å². The first-order valence-corrected chi connectivity index (χ1v) is 7.06. The zero-order valence-electron chi connectivity index (χ0n) is 12.8. The summed E-state index contributed by atoms with van der Waals surface area (Å²) in [5.41, 5.74) is 5.97. The molecular weight excluding hydrogens is 226 g/mol. The van der Waals surface area contributed by atoms with Crippen LogP contribution in [0.2, 0.25) is 0 Å². The van der Waals surface area contributed by atoms with Crippen LogP contribution in [0.3, 0.4) is 0 Å². The number of ether oxygens (including phenoxy) is 1. The fourth-order valence-corrected chi connectivity index (χ4v) is 2.48. The molecule has 0 aromatic heterocycles. The second-order valence-electron chi connectivity index (χ2n) is 6.24. The number of piperidine rings is 1. The van der Waals surface area contributed by atoms with E-state index < -0.39 is 0 Å². The van der Waals surface area contributed by atoms with Gasteiger partial charge in [0.05, 0.1) is 5.60 Å². The first-order valence-electron chi connectivity index (χ1n) is 7.06. The average molecular weight is 257 g/mol. The molecular formula is C14H31N3O. The smallest absolute Gasteiger partial charge is 0.0773 e. The predicted molar refractivity (Wildman–Crippen MR) is 76.8 cm³/mol. The van der Waals surface area contributed by atoms with Crippen molar-refractivity contribution in [2.75, 3.05) is 40.8 Å². The molecule has 0 saturated carbocycles. The highest BCUT2D eigenvalue weighted by Gasteiger charge is 2.27. The molecule has 4 nitrogen and oxygen atoms in total. The first-order chi connectivity index (χ1) is 8.36. The van der Waals surface area contributed by atoms with E-state index in [1.54, 1.807) is 7.11 Å². The zero-order valence-corrected chi connectivity index (χ0v) is 12.8. The highest BCUT2D eigenvalue weighted by molar-refractivity contribution is 4.84. The summed E-state index contributed by atoms with van der Waals surface area (Å²) in [5.74, 6) is 0. The van der Waals surface area contributed by atoms with E-state index in [-0.39, 0.29) is 11.6 Å².